The molecule has 0 amide bonds. The zero-order chi connectivity index (χ0) is 9.26. The van der Waals surface area contributed by atoms with Gasteiger partial charge in [0, 0.05) is 17.8 Å². The van der Waals surface area contributed by atoms with Crippen molar-refractivity contribution in [2.45, 2.75) is 4.84 Å². The number of hydrogen-bond acceptors (Lipinski definition) is 1. The molecule has 0 bridgehead atoms. The van der Waals surface area contributed by atoms with Crippen molar-refractivity contribution in [3.8, 4) is 0 Å². The number of rotatable bonds is 1. The van der Waals surface area contributed by atoms with Crippen LogP contribution in [0.15, 0.2) is 36.7 Å². The maximum atomic E-state index is 5.75. The van der Waals surface area contributed by atoms with Crippen LogP contribution < -0.4 is 0 Å². The summed E-state index contributed by atoms with van der Waals surface area (Å²) in [6, 6.07) is 7.82. The van der Waals surface area contributed by atoms with Gasteiger partial charge in [-0.05, 0) is 23.1 Å². The molecule has 1 nitrogen and oxygen atoms in total. The fourth-order valence-electron chi connectivity index (χ4n) is 1.24. The van der Waals surface area contributed by atoms with Crippen molar-refractivity contribution in [3.05, 3.63) is 42.2 Å². The summed E-state index contributed by atoms with van der Waals surface area (Å²) in [7, 11) is 0. The van der Waals surface area contributed by atoms with Crippen molar-refractivity contribution >= 4 is 46.4 Å². The van der Waals surface area contributed by atoms with Gasteiger partial charge in [-0.2, -0.15) is 0 Å². The van der Waals surface area contributed by atoms with E-state index in [1.165, 1.54) is 0 Å². The minimum atomic E-state index is -0.468. The first-order valence-corrected chi connectivity index (χ1v) is 4.76. The Kier molecular flexibility index (Phi) is 3.99. The lowest BCUT2D eigenvalue weighted by atomic mass is 10.1. The van der Waals surface area contributed by atoms with Crippen molar-refractivity contribution < 1.29 is 0 Å². The zero-order valence-corrected chi connectivity index (χ0v) is 9.48. The third-order valence-electron chi connectivity index (χ3n) is 1.92. The fourth-order valence-corrected chi connectivity index (χ4v) is 1.51. The van der Waals surface area contributed by atoms with Crippen molar-refractivity contribution in [2.24, 2.45) is 0 Å². The van der Waals surface area contributed by atoms with E-state index in [4.69, 9.17) is 23.2 Å². The zero-order valence-electron chi connectivity index (χ0n) is 7.15. The van der Waals surface area contributed by atoms with E-state index in [1.807, 2.05) is 24.3 Å². The molecule has 0 atom stereocenters. The highest BCUT2D eigenvalue weighted by atomic mass is 35.5. The predicted octanol–water partition coefficient (Wildman–Crippen LogP) is 4.13. The van der Waals surface area contributed by atoms with Gasteiger partial charge in [0.15, 0.2) is 0 Å². The highest BCUT2D eigenvalue weighted by Gasteiger charge is 2.03. The van der Waals surface area contributed by atoms with E-state index in [0.717, 1.165) is 16.3 Å². The average molecular weight is 249 g/mol. The van der Waals surface area contributed by atoms with E-state index >= 15 is 0 Å². The molecule has 4 heteroatoms. The van der Waals surface area contributed by atoms with Crippen molar-refractivity contribution in [3.63, 3.8) is 0 Å². The lowest BCUT2D eigenvalue weighted by Crippen LogP contribution is -1.82. The Bertz CT molecular complexity index is 428. The smallest absolute Gasteiger partial charge is 0.132 e. The highest BCUT2D eigenvalue weighted by Crippen LogP contribution is 2.27. The van der Waals surface area contributed by atoms with Crippen LogP contribution in [0, 0.1) is 0 Å². The van der Waals surface area contributed by atoms with Gasteiger partial charge in [0.2, 0.25) is 0 Å². The topological polar surface area (TPSA) is 12.9 Å². The number of alkyl halides is 2. The second-order valence-corrected chi connectivity index (χ2v) is 3.88. The van der Waals surface area contributed by atoms with Crippen LogP contribution in [0.5, 0.6) is 0 Å². The molecule has 1 aromatic heterocycles. The van der Waals surface area contributed by atoms with Gasteiger partial charge in [0.1, 0.15) is 4.84 Å². The Morgan fingerprint density at radius 1 is 1.07 bits per heavy atom. The molecule has 0 saturated carbocycles. The van der Waals surface area contributed by atoms with Crippen LogP contribution in [0.3, 0.4) is 0 Å². The molecule has 0 radical (unpaired) electrons. The van der Waals surface area contributed by atoms with Gasteiger partial charge in [-0.1, -0.05) is 12.1 Å². The van der Waals surface area contributed by atoms with Gasteiger partial charge in [0.05, 0.1) is 0 Å². The number of hydrogen-bond donors (Lipinski definition) is 0. The summed E-state index contributed by atoms with van der Waals surface area (Å²) in [5.41, 5.74) is 0.906. The molecule has 74 valence electrons. The summed E-state index contributed by atoms with van der Waals surface area (Å²) < 4.78 is 0. The third kappa shape index (κ3) is 2.30. The molecule has 0 N–H and O–H groups in total. The van der Waals surface area contributed by atoms with Gasteiger partial charge in [-0.3, -0.25) is 4.98 Å². The summed E-state index contributed by atoms with van der Waals surface area (Å²) >= 11 is 11.5. The second-order valence-electron chi connectivity index (χ2n) is 2.78. The summed E-state index contributed by atoms with van der Waals surface area (Å²) in [5.74, 6) is 0. The first-order valence-electron chi connectivity index (χ1n) is 3.89. The Hall–Kier alpha value is -0.500. The van der Waals surface area contributed by atoms with Gasteiger partial charge in [-0.25, -0.2) is 0 Å². The van der Waals surface area contributed by atoms with Gasteiger partial charge in [0.25, 0.3) is 0 Å². The minimum Gasteiger partial charge on any atom is -0.264 e. The molecular formula is C10H8Cl3N. The summed E-state index contributed by atoms with van der Waals surface area (Å²) in [6.45, 7) is 0. The van der Waals surface area contributed by atoms with Crippen LogP contribution in [-0.2, 0) is 0 Å². The van der Waals surface area contributed by atoms with Crippen LogP contribution in [-0.4, -0.2) is 4.98 Å². The fraction of sp³-hybridized carbons (Fsp3) is 0.100. The normalized spacial score (nSPS) is 10.2. The SMILES string of the molecule is Cl.ClC(Cl)c1ccc2ccncc2c1. The lowest BCUT2D eigenvalue weighted by molar-refractivity contribution is 1.33. The first kappa shape index (κ1) is 11.6. The molecule has 14 heavy (non-hydrogen) atoms. The maximum Gasteiger partial charge on any atom is 0.132 e. The largest absolute Gasteiger partial charge is 0.264 e. The monoisotopic (exact) mass is 247 g/mol. The van der Waals surface area contributed by atoms with Gasteiger partial charge < -0.3 is 0 Å². The van der Waals surface area contributed by atoms with E-state index in [1.54, 1.807) is 12.4 Å². The molecule has 2 aromatic rings. The molecule has 0 aliphatic heterocycles. The van der Waals surface area contributed by atoms with Crippen LogP contribution >= 0.6 is 35.6 Å². The van der Waals surface area contributed by atoms with Crippen molar-refractivity contribution in [1.29, 1.82) is 0 Å². The maximum absolute atomic E-state index is 5.75. The number of halogens is 3. The summed E-state index contributed by atoms with van der Waals surface area (Å²) in [4.78, 5) is 3.56. The van der Waals surface area contributed by atoms with E-state index in [0.29, 0.717) is 0 Å². The summed E-state index contributed by atoms with van der Waals surface area (Å²) in [6.07, 6.45) is 3.57. The molecule has 0 spiro atoms. The molecule has 0 fully saturated rings. The Morgan fingerprint density at radius 3 is 2.57 bits per heavy atom. The average Bonchev–Trinajstić information content (AvgIpc) is 2.17. The molecule has 1 aromatic carbocycles. The Morgan fingerprint density at radius 2 is 1.86 bits per heavy atom. The number of pyridine rings is 1. The van der Waals surface area contributed by atoms with E-state index in [2.05, 4.69) is 4.98 Å². The molecular weight excluding hydrogens is 240 g/mol. The molecule has 2 rings (SSSR count). The summed E-state index contributed by atoms with van der Waals surface area (Å²) in [5, 5.41) is 2.21. The van der Waals surface area contributed by atoms with E-state index in [9.17, 15) is 0 Å². The first-order chi connectivity index (χ1) is 6.27. The number of benzene rings is 1. The lowest BCUT2D eigenvalue weighted by Gasteiger charge is -2.02. The molecule has 0 saturated heterocycles. The van der Waals surface area contributed by atoms with Crippen LogP contribution in [0.4, 0.5) is 0 Å². The molecule has 0 unspecified atom stereocenters. The van der Waals surface area contributed by atoms with Crippen molar-refractivity contribution in [1.82, 2.24) is 4.98 Å². The molecule has 1 heterocycles. The number of aromatic nitrogens is 1. The minimum absolute atomic E-state index is 0. The predicted molar refractivity (Wildman–Crippen MR) is 63.4 cm³/mol. The second kappa shape index (κ2) is 4.83. The Balaban J connectivity index is 0.000000980. The standard InChI is InChI=1S/C10H7Cl2N.ClH/c11-10(12)8-2-1-7-3-4-13-6-9(7)5-8;/h1-6,10H;1H. The van der Waals surface area contributed by atoms with Crippen molar-refractivity contribution in [2.75, 3.05) is 0 Å². The highest BCUT2D eigenvalue weighted by molar-refractivity contribution is 6.44. The Labute approximate surface area is 98.5 Å². The van der Waals surface area contributed by atoms with Gasteiger partial charge in [-0.15, -0.1) is 35.6 Å². The molecule has 0 aliphatic rings. The quantitative estimate of drug-likeness (QED) is 0.692. The van der Waals surface area contributed by atoms with E-state index < -0.39 is 4.84 Å². The number of nitrogens with zero attached hydrogens (tertiary/aromatic N) is 1. The van der Waals surface area contributed by atoms with Crippen LogP contribution in [0.25, 0.3) is 10.8 Å². The van der Waals surface area contributed by atoms with E-state index in [-0.39, 0.29) is 12.4 Å². The van der Waals surface area contributed by atoms with Crippen LogP contribution in [0.1, 0.15) is 10.4 Å². The number of fused-ring (bicyclic) bond motifs is 1. The third-order valence-corrected chi connectivity index (χ3v) is 2.42. The van der Waals surface area contributed by atoms with Gasteiger partial charge >= 0.3 is 0 Å². The van der Waals surface area contributed by atoms with Crippen LogP contribution in [0.2, 0.25) is 0 Å². The molecule has 0 aliphatic carbocycles.